The zero-order valence-electron chi connectivity index (χ0n) is 13.9. The first-order valence-corrected chi connectivity index (χ1v) is 7.94. The molecule has 1 unspecified atom stereocenters. The van der Waals surface area contributed by atoms with Gasteiger partial charge in [0.25, 0.3) is 0 Å². The predicted octanol–water partition coefficient (Wildman–Crippen LogP) is 4.08. The molecule has 3 rings (SSSR count). The quantitative estimate of drug-likeness (QED) is 0.525. The lowest BCUT2D eigenvalue weighted by Crippen LogP contribution is -2.19. The fourth-order valence-electron chi connectivity index (χ4n) is 2.66. The summed E-state index contributed by atoms with van der Waals surface area (Å²) in [4.78, 5) is 16.5. The molecule has 0 fully saturated rings. The van der Waals surface area contributed by atoms with Crippen molar-refractivity contribution in [1.29, 1.82) is 0 Å². The van der Waals surface area contributed by atoms with Crippen LogP contribution in [0.15, 0.2) is 66.7 Å². The first-order chi connectivity index (χ1) is 11.6. The van der Waals surface area contributed by atoms with Gasteiger partial charge in [0.1, 0.15) is 11.9 Å². The van der Waals surface area contributed by atoms with E-state index in [-0.39, 0.29) is 12.1 Å². The largest absolute Gasteiger partial charge is 0.459 e. The van der Waals surface area contributed by atoms with Gasteiger partial charge in [-0.2, -0.15) is 0 Å². The summed E-state index contributed by atoms with van der Waals surface area (Å²) in [7, 11) is 0. The normalized spacial score (nSPS) is 12.1. The highest BCUT2D eigenvalue weighted by Crippen LogP contribution is 2.22. The highest BCUT2D eigenvalue weighted by molar-refractivity contribution is 5.87. The maximum absolute atomic E-state index is 11.7. The monoisotopic (exact) mass is 320 g/mol. The Bertz CT molecular complexity index is 881. The van der Waals surface area contributed by atoms with Crippen LogP contribution in [0.25, 0.3) is 16.7 Å². The standard InChI is InChI=1S/C20H20N2O2/c1-14(2)20(23)24-15(3)13-19-21-17-11-7-8-12-18(17)22(19)16-9-5-4-6-10-16/h4-12,15H,1,13H2,2-3H3. The molecule has 0 radical (unpaired) electrons. The van der Waals surface area contributed by atoms with E-state index in [1.54, 1.807) is 6.92 Å². The van der Waals surface area contributed by atoms with Gasteiger partial charge in [-0.3, -0.25) is 4.57 Å². The number of aromatic nitrogens is 2. The Labute approximate surface area is 141 Å². The van der Waals surface area contributed by atoms with E-state index in [4.69, 9.17) is 9.72 Å². The molecule has 4 heteroatoms. The number of para-hydroxylation sites is 3. The molecular formula is C20H20N2O2. The van der Waals surface area contributed by atoms with Crippen LogP contribution >= 0.6 is 0 Å². The minimum Gasteiger partial charge on any atom is -0.459 e. The molecule has 0 bridgehead atoms. The summed E-state index contributed by atoms with van der Waals surface area (Å²) in [6.07, 6.45) is 0.247. The van der Waals surface area contributed by atoms with Gasteiger partial charge >= 0.3 is 5.97 Å². The van der Waals surface area contributed by atoms with Crippen molar-refractivity contribution in [3.63, 3.8) is 0 Å². The van der Waals surface area contributed by atoms with Crippen molar-refractivity contribution in [1.82, 2.24) is 9.55 Å². The summed E-state index contributed by atoms with van der Waals surface area (Å²) in [6, 6.07) is 18.1. The van der Waals surface area contributed by atoms with E-state index in [2.05, 4.69) is 11.1 Å². The lowest BCUT2D eigenvalue weighted by molar-refractivity contribution is -0.143. The molecule has 0 N–H and O–H groups in total. The maximum atomic E-state index is 11.7. The van der Waals surface area contributed by atoms with Crippen LogP contribution in [-0.2, 0) is 16.0 Å². The fraction of sp³-hybridized carbons (Fsp3) is 0.200. The van der Waals surface area contributed by atoms with Crippen LogP contribution in [-0.4, -0.2) is 21.6 Å². The van der Waals surface area contributed by atoms with Crippen LogP contribution in [0.4, 0.5) is 0 Å². The number of hydrogen-bond donors (Lipinski definition) is 0. The van der Waals surface area contributed by atoms with E-state index in [1.807, 2.05) is 61.5 Å². The second kappa shape index (κ2) is 6.71. The highest BCUT2D eigenvalue weighted by atomic mass is 16.5. The van der Waals surface area contributed by atoms with Gasteiger partial charge in [0.15, 0.2) is 0 Å². The van der Waals surface area contributed by atoms with Crippen molar-refractivity contribution >= 4 is 17.0 Å². The van der Waals surface area contributed by atoms with Gasteiger partial charge in [0, 0.05) is 17.7 Å². The molecule has 0 saturated carbocycles. The highest BCUT2D eigenvalue weighted by Gasteiger charge is 2.17. The first-order valence-electron chi connectivity index (χ1n) is 7.94. The minimum atomic E-state index is -0.370. The van der Waals surface area contributed by atoms with Crippen molar-refractivity contribution in [3.8, 4) is 5.69 Å². The van der Waals surface area contributed by atoms with Crippen LogP contribution < -0.4 is 0 Å². The topological polar surface area (TPSA) is 44.1 Å². The zero-order valence-corrected chi connectivity index (χ0v) is 13.9. The van der Waals surface area contributed by atoms with Crippen molar-refractivity contribution in [2.45, 2.75) is 26.4 Å². The molecule has 0 aliphatic carbocycles. The van der Waals surface area contributed by atoms with Gasteiger partial charge in [-0.05, 0) is 38.1 Å². The van der Waals surface area contributed by atoms with Crippen LogP contribution in [0.5, 0.6) is 0 Å². The van der Waals surface area contributed by atoms with Crippen molar-refractivity contribution < 1.29 is 9.53 Å². The Morgan fingerprint density at radius 1 is 1.17 bits per heavy atom. The maximum Gasteiger partial charge on any atom is 0.333 e. The van der Waals surface area contributed by atoms with E-state index in [0.717, 1.165) is 22.5 Å². The molecule has 0 spiro atoms. The third-order valence-electron chi connectivity index (χ3n) is 3.77. The first kappa shape index (κ1) is 16.0. The summed E-state index contributed by atoms with van der Waals surface area (Å²) in [5.41, 5.74) is 3.41. The number of hydrogen-bond acceptors (Lipinski definition) is 3. The third kappa shape index (κ3) is 3.23. The average Bonchev–Trinajstić information content (AvgIpc) is 2.93. The van der Waals surface area contributed by atoms with Gasteiger partial charge in [-0.15, -0.1) is 0 Å². The number of nitrogens with zero attached hydrogens (tertiary/aromatic N) is 2. The average molecular weight is 320 g/mol. The molecular weight excluding hydrogens is 300 g/mol. The number of esters is 1. The molecule has 122 valence electrons. The number of rotatable bonds is 5. The molecule has 1 heterocycles. The number of carbonyl (C=O) groups excluding carboxylic acids is 1. The van der Waals surface area contributed by atoms with Crippen molar-refractivity contribution in [2.75, 3.05) is 0 Å². The lowest BCUT2D eigenvalue weighted by Gasteiger charge is -2.15. The Balaban J connectivity index is 1.98. The van der Waals surface area contributed by atoms with Crippen LogP contribution in [0.3, 0.4) is 0 Å². The van der Waals surface area contributed by atoms with Gasteiger partial charge < -0.3 is 4.74 Å². The van der Waals surface area contributed by atoms with Gasteiger partial charge in [0.2, 0.25) is 0 Å². The van der Waals surface area contributed by atoms with E-state index in [9.17, 15) is 4.79 Å². The number of ether oxygens (including phenoxy) is 1. The summed E-state index contributed by atoms with van der Waals surface area (Å²) in [5, 5.41) is 0. The molecule has 0 aliphatic heterocycles. The Morgan fingerprint density at radius 2 is 1.83 bits per heavy atom. The van der Waals surface area contributed by atoms with E-state index in [0.29, 0.717) is 12.0 Å². The number of imidazole rings is 1. The van der Waals surface area contributed by atoms with Crippen molar-refractivity contribution in [2.24, 2.45) is 0 Å². The molecule has 1 atom stereocenters. The van der Waals surface area contributed by atoms with Gasteiger partial charge in [-0.25, -0.2) is 9.78 Å². The van der Waals surface area contributed by atoms with E-state index in [1.165, 1.54) is 0 Å². The van der Waals surface area contributed by atoms with Crippen LogP contribution in [0.2, 0.25) is 0 Å². The van der Waals surface area contributed by atoms with Gasteiger partial charge in [-0.1, -0.05) is 36.9 Å². The van der Waals surface area contributed by atoms with E-state index < -0.39 is 0 Å². The Hall–Kier alpha value is -2.88. The van der Waals surface area contributed by atoms with Gasteiger partial charge in [0.05, 0.1) is 11.0 Å². The molecule has 4 nitrogen and oxygen atoms in total. The summed E-state index contributed by atoms with van der Waals surface area (Å²) in [5.74, 6) is 0.495. The molecule has 3 aromatic rings. The summed E-state index contributed by atoms with van der Waals surface area (Å²) >= 11 is 0. The second-order valence-electron chi connectivity index (χ2n) is 5.89. The zero-order chi connectivity index (χ0) is 17.1. The smallest absolute Gasteiger partial charge is 0.333 e. The summed E-state index contributed by atoms with van der Waals surface area (Å²) in [6.45, 7) is 7.14. The Morgan fingerprint density at radius 3 is 2.54 bits per heavy atom. The van der Waals surface area contributed by atoms with Crippen LogP contribution in [0, 0.1) is 0 Å². The predicted molar refractivity (Wildman–Crippen MR) is 95.1 cm³/mol. The lowest BCUT2D eigenvalue weighted by atomic mass is 10.2. The number of carbonyl (C=O) groups is 1. The van der Waals surface area contributed by atoms with Crippen LogP contribution in [0.1, 0.15) is 19.7 Å². The molecule has 24 heavy (non-hydrogen) atoms. The third-order valence-corrected chi connectivity index (χ3v) is 3.77. The SMILES string of the molecule is C=C(C)C(=O)OC(C)Cc1nc2ccccc2n1-c1ccccc1. The molecule has 2 aromatic carbocycles. The minimum absolute atomic E-state index is 0.284. The number of fused-ring (bicyclic) bond motifs is 1. The molecule has 1 aromatic heterocycles. The Kier molecular flexibility index (Phi) is 4.47. The van der Waals surface area contributed by atoms with E-state index >= 15 is 0 Å². The molecule has 0 amide bonds. The number of benzene rings is 2. The fourth-order valence-corrected chi connectivity index (χ4v) is 2.66. The molecule has 0 aliphatic rings. The second-order valence-corrected chi connectivity index (χ2v) is 5.89. The summed E-state index contributed by atoms with van der Waals surface area (Å²) < 4.78 is 7.52. The molecule has 0 saturated heterocycles. The van der Waals surface area contributed by atoms with Crippen molar-refractivity contribution in [3.05, 3.63) is 72.6 Å².